The Labute approximate surface area is 158 Å². The van der Waals surface area contributed by atoms with Crippen LogP contribution in [0.15, 0.2) is 77.1 Å². The van der Waals surface area contributed by atoms with Gasteiger partial charge in [-0.3, -0.25) is 4.40 Å². The van der Waals surface area contributed by atoms with Crippen LogP contribution in [0.1, 0.15) is 11.1 Å². The number of rotatable bonds is 4. The van der Waals surface area contributed by atoms with E-state index in [1.807, 2.05) is 78.2 Å². The van der Waals surface area contributed by atoms with E-state index in [9.17, 15) is 0 Å². The molecule has 0 spiro atoms. The largest absolute Gasteiger partial charge is 0.497 e. The second-order valence-corrected chi connectivity index (χ2v) is 6.48. The molecule has 5 heteroatoms. The highest BCUT2D eigenvalue weighted by atomic mass is 16.5. The molecule has 0 fully saturated rings. The van der Waals surface area contributed by atoms with Gasteiger partial charge < -0.3 is 4.74 Å². The molecular formula is C22H20N4O. The molecule has 4 aromatic rings. The second-order valence-electron chi connectivity index (χ2n) is 6.48. The Kier molecular flexibility index (Phi) is 4.42. The number of fused-ring (bicyclic) bond motifs is 1. The van der Waals surface area contributed by atoms with Crippen LogP contribution in [0.5, 0.6) is 5.75 Å². The summed E-state index contributed by atoms with van der Waals surface area (Å²) in [6.07, 6.45) is 1.98. The van der Waals surface area contributed by atoms with Crippen molar-refractivity contribution in [2.24, 2.45) is 10.2 Å². The summed E-state index contributed by atoms with van der Waals surface area (Å²) >= 11 is 0. The minimum absolute atomic E-state index is 0.705. The third-order valence-electron chi connectivity index (χ3n) is 4.38. The minimum atomic E-state index is 0.705. The molecule has 0 radical (unpaired) electrons. The van der Waals surface area contributed by atoms with Crippen molar-refractivity contribution in [2.45, 2.75) is 13.8 Å². The lowest BCUT2D eigenvalue weighted by atomic mass is 10.1. The quantitative estimate of drug-likeness (QED) is 0.418. The molecule has 0 aliphatic carbocycles. The zero-order valence-corrected chi connectivity index (χ0v) is 15.5. The summed E-state index contributed by atoms with van der Waals surface area (Å²) in [5.74, 6) is 1.51. The lowest BCUT2D eigenvalue weighted by Gasteiger charge is -2.02. The number of aryl methyl sites for hydroxylation is 2. The monoisotopic (exact) mass is 356 g/mol. The smallest absolute Gasteiger partial charge is 0.187 e. The molecule has 0 atom stereocenters. The molecule has 2 aromatic heterocycles. The third-order valence-corrected chi connectivity index (χ3v) is 4.38. The average molecular weight is 356 g/mol. The molecule has 5 nitrogen and oxygen atoms in total. The molecule has 0 bridgehead atoms. The molecule has 2 aromatic carbocycles. The number of aromatic nitrogens is 2. The standard InChI is InChI=1S/C22H20N4O/c1-15-5-4-6-18(13-15)24-25-22-21(17-7-9-19(27-3)10-8-17)23-20-14-16(2)11-12-26(20)22/h4-14H,1-3H3. The molecule has 0 amide bonds. The fourth-order valence-corrected chi connectivity index (χ4v) is 2.97. The van der Waals surface area contributed by atoms with E-state index >= 15 is 0 Å². The molecule has 134 valence electrons. The first-order chi connectivity index (χ1) is 13.1. The SMILES string of the molecule is COc1ccc(-c2nc3cc(C)ccn3c2N=Nc2cccc(C)c2)cc1. The first-order valence-corrected chi connectivity index (χ1v) is 8.75. The highest BCUT2D eigenvalue weighted by Gasteiger charge is 2.14. The number of nitrogens with zero attached hydrogens (tertiary/aromatic N) is 4. The maximum Gasteiger partial charge on any atom is 0.187 e. The lowest BCUT2D eigenvalue weighted by Crippen LogP contribution is -1.84. The summed E-state index contributed by atoms with van der Waals surface area (Å²) in [4.78, 5) is 4.80. The first kappa shape index (κ1) is 17.0. The predicted octanol–water partition coefficient (Wildman–Crippen LogP) is 6.04. The third kappa shape index (κ3) is 3.44. The number of hydrogen-bond acceptors (Lipinski definition) is 4. The summed E-state index contributed by atoms with van der Waals surface area (Å²) < 4.78 is 7.22. The van der Waals surface area contributed by atoms with Gasteiger partial charge in [0.2, 0.25) is 0 Å². The van der Waals surface area contributed by atoms with Gasteiger partial charge in [0.05, 0.1) is 12.8 Å². The van der Waals surface area contributed by atoms with Crippen molar-refractivity contribution in [3.63, 3.8) is 0 Å². The van der Waals surface area contributed by atoms with Crippen LogP contribution in [0.2, 0.25) is 0 Å². The van der Waals surface area contributed by atoms with Crippen LogP contribution in [-0.2, 0) is 0 Å². The van der Waals surface area contributed by atoms with Crippen molar-refractivity contribution in [1.82, 2.24) is 9.38 Å². The van der Waals surface area contributed by atoms with Crippen LogP contribution in [0, 0.1) is 13.8 Å². The van der Waals surface area contributed by atoms with E-state index in [2.05, 4.69) is 17.2 Å². The molecule has 4 rings (SSSR count). The fourth-order valence-electron chi connectivity index (χ4n) is 2.97. The number of imidazole rings is 1. The highest BCUT2D eigenvalue weighted by Crippen LogP contribution is 2.33. The van der Waals surface area contributed by atoms with Crippen molar-refractivity contribution < 1.29 is 4.74 Å². The van der Waals surface area contributed by atoms with Crippen LogP contribution in [-0.4, -0.2) is 16.5 Å². The van der Waals surface area contributed by atoms with E-state index < -0.39 is 0 Å². The number of benzene rings is 2. The van der Waals surface area contributed by atoms with Crippen molar-refractivity contribution in [1.29, 1.82) is 0 Å². The Morgan fingerprint density at radius 3 is 2.41 bits per heavy atom. The summed E-state index contributed by atoms with van der Waals surface area (Å²) in [6.45, 7) is 4.09. The number of azo groups is 1. The summed E-state index contributed by atoms with van der Waals surface area (Å²) in [7, 11) is 1.66. The molecule has 0 N–H and O–H groups in total. The molecule has 0 unspecified atom stereocenters. The minimum Gasteiger partial charge on any atom is -0.497 e. The van der Waals surface area contributed by atoms with Gasteiger partial charge in [-0.1, -0.05) is 12.1 Å². The maximum absolute atomic E-state index is 5.26. The number of methoxy groups -OCH3 is 1. The Morgan fingerprint density at radius 2 is 1.67 bits per heavy atom. The topological polar surface area (TPSA) is 51.2 Å². The zero-order valence-electron chi connectivity index (χ0n) is 15.5. The van der Waals surface area contributed by atoms with Crippen molar-refractivity contribution in [2.75, 3.05) is 7.11 Å². The average Bonchev–Trinajstić information content (AvgIpc) is 3.04. The van der Waals surface area contributed by atoms with E-state index in [4.69, 9.17) is 9.72 Å². The molecule has 0 saturated carbocycles. The lowest BCUT2D eigenvalue weighted by molar-refractivity contribution is 0.415. The van der Waals surface area contributed by atoms with Gasteiger partial charge in [-0.15, -0.1) is 10.2 Å². The Hall–Kier alpha value is -3.47. The number of pyridine rings is 1. The fraction of sp³-hybridized carbons (Fsp3) is 0.136. The van der Waals surface area contributed by atoms with Gasteiger partial charge in [0.1, 0.15) is 17.1 Å². The number of ether oxygens (including phenoxy) is 1. The van der Waals surface area contributed by atoms with Crippen molar-refractivity contribution in [3.05, 3.63) is 78.0 Å². The van der Waals surface area contributed by atoms with Crippen LogP contribution in [0.4, 0.5) is 11.5 Å². The van der Waals surface area contributed by atoms with Gasteiger partial charge in [0.15, 0.2) is 5.82 Å². The van der Waals surface area contributed by atoms with Crippen LogP contribution in [0.3, 0.4) is 0 Å². The Morgan fingerprint density at radius 1 is 0.889 bits per heavy atom. The van der Waals surface area contributed by atoms with E-state index in [1.165, 1.54) is 0 Å². The van der Waals surface area contributed by atoms with Crippen molar-refractivity contribution >= 4 is 17.2 Å². The van der Waals surface area contributed by atoms with Gasteiger partial charge in [0.25, 0.3) is 0 Å². The van der Waals surface area contributed by atoms with E-state index in [0.717, 1.165) is 39.5 Å². The highest BCUT2D eigenvalue weighted by molar-refractivity contribution is 5.75. The molecular weight excluding hydrogens is 336 g/mol. The predicted molar refractivity (Wildman–Crippen MR) is 107 cm³/mol. The van der Waals surface area contributed by atoms with Gasteiger partial charge in [-0.25, -0.2) is 4.98 Å². The van der Waals surface area contributed by atoms with E-state index in [1.54, 1.807) is 7.11 Å². The molecule has 27 heavy (non-hydrogen) atoms. The molecule has 0 aliphatic heterocycles. The maximum atomic E-state index is 5.26. The van der Waals surface area contributed by atoms with Crippen molar-refractivity contribution in [3.8, 4) is 17.0 Å². The second kappa shape index (κ2) is 7.03. The van der Waals surface area contributed by atoms with Crippen LogP contribution in [0.25, 0.3) is 16.9 Å². The molecule has 0 aliphatic rings. The van der Waals surface area contributed by atoms with Gasteiger partial charge in [0, 0.05) is 11.8 Å². The Bertz CT molecular complexity index is 1130. The molecule has 0 saturated heterocycles. The Balaban J connectivity index is 1.85. The van der Waals surface area contributed by atoms with Crippen LogP contribution >= 0.6 is 0 Å². The molecule has 2 heterocycles. The number of hydrogen-bond donors (Lipinski definition) is 0. The van der Waals surface area contributed by atoms with Crippen LogP contribution < -0.4 is 4.74 Å². The zero-order chi connectivity index (χ0) is 18.8. The summed E-state index contributed by atoms with van der Waals surface area (Å²) in [6, 6.07) is 19.9. The summed E-state index contributed by atoms with van der Waals surface area (Å²) in [5, 5.41) is 8.99. The summed E-state index contributed by atoms with van der Waals surface area (Å²) in [5.41, 5.74) is 5.72. The normalized spacial score (nSPS) is 11.4. The van der Waals surface area contributed by atoms with E-state index in [0.29, 0.717) is 5.82 Å². The van der Waals surface area contributed by atoms with Gasteiger partial charge in [-0.2, -0.15) is 0 Å². The van der Waals surface area contributed by atoms with E-state index in [-0.39, 0.29) is 0 Å². The first-order valence-electron chi connectivity index (χ1n) is 8.75. The van der Waals surface area contributed by atoms with Gasteiger partial charge >= 0.3 is 0 Å². The van der Waals surface area contributed by atoms with Gasteiger partial charge in [-0.05, 0) is 73.5 Å².